The number of nitrogens with zero attached hydrogens (tertiary/aromatic N) is 1. The van der Waals surface area contributed by atoms with Crippen LogP contribution in [0.2, 0.25) is 0 Å². The van der Waals surface area contributed by atoms with Crippen molar-refractivity contribution in [2.45, 2.75) is 45.3 Å². The highest BCUT2D eigenvalue weighted by atomic mass is 16.3. The van der Waals surface area contributed by atoms with E-state index in [1.807, 2.05) is 6.08 Å². The second kappa shape index (κ2) is 7.85. The molecule has 0 saturated carbocycles. The second-order valence-corrected chi connectivity index (χ2v) is 5.36. The summed E-state index contributed by atoms with van der Waals surface area (Å²) in [5.41, 5.74) is 0. The van der Waals surface area contributed by atoms with Gasteiger partial charge in [-0.1, -0.05) is 13.0 Å². The molecule has 100 valence electrons. The number of nitrogens with one attached hydrogen (secondary N) is 1. The first-order chi connectivity index (χ1) is 8.13. The highest BCUT2D eigenvalue weighted by molar-refractivity contribution is 4.79. The Morgan fingerprint density at radius 3 is 2.59 bits per heavy atom. The molecular weight excluding hydrogens is 212 g/mol. The van der Waals surface area contributed by atoms with Crippen LogP contribution in [0.3, 0.4) is 0 Å². The smallest absolute Gasteiger partial charge is 0.0791 e. The summed E-state index contributed by atoms with van der Waals surface area (Å²) in [7, 11) is 0. The molecule has 0 amide bonds. The minimum atomic E-state index is -0.244. The highest BCUT2D eigenvalue weighted by Gasteiger charge is 2.17. The van der Waals surface area contributed by atoms with Crippen LogP contribution in [0.25, 0.3) is 0 Å². The van der Waals surface area contributed by atoms with Crippen LogP contribution in [0, 0.1) is 5.92 Å². The number of β-amino-alcohol motifs (C(OH)–C–C–N with tert-alkyl or cyclic N) is 1. The van der Waals surface area contributed by atoms with Crippen molar-refractivity contribution in [1.29, 1.82) is 0 Å². The minimum absolute atomic E-state index is 0.244. The molecule has 17 heavy (non-hydrogen) atoms. The van der Waals surface area contributed by atoms with Gasteiger partial charge >= 0.3 is 0 Å². The summed E-state index contributed by atoms with van der Waals surface area (Å²) in [6.45, 7) is 12.0. The van der Waals surface area contributed by atoms with Crippen molar-refractivity contribution in [2.24, 2.45) is 5.92 Å². The number of likely N-dealkylation sites (tertiary alicyclic amines) is 1. The first-order valence-corrected chi connectivity index (χ1v) is 6.88. The Labute approximate surface area is 106 Å². The summed E-state index contributed by atoms with van der Waals surface area (Å²) in [6, 6.07) is 0.432. The molecule has 1 saturated heterocycles. The zero-order valence-corrected chi connectivity index (χ0v) is 11.4. The third-order valence-electron chi connectivity index (χ3n) is 3.74. The second-order valence-electron chi connectivity index (χ2n) is 5.36. The van der Waals surface area contributed by atoms with Gasteiger partial charge in [-0.25, -0.2) is 0 Å². The fourth-order valence-corrected chi connectivity index (χ4v) is 2.32. The van der Waals surface area contributed by atoms with Crippen molar-refractivity contribution >= 4 is 0 Å². The van der Waals surface area contributed by atoms with Gasteiger partial charge in [-0.15, -0.1) is 6.58 Å². The fourth-order valence-electron chi connectivity index (χ4n) is 2.32. The zero-order valence-electron chi connectivity index (χ0n) is 11.4. The number of aliphatic hydroxyl groups is 1. The Bertz CT molecular complexity index is 214. The SMILES string of the molecule is C=CCC(C)C(C)NCC(O)CN1CCCC1. The highest BCUT2D eigenvalue weighted by Crippen LogP contribution is 2.09. The molecule has 1 aliphatic heterocycles. The van der Waals surface area contributed by atoms with Gasteiger partial charge in [0.25, 0.3) is 0 Å². The van der Waals surface area contributed by atoms with Crippen molar-refractivity contribution < 1.29 is 5.11 Å². The molecule has 1 fully saturated rings. The van der Waals surface area contributed by atoms with Crippen LogP contribution >= 0.6 is 0 Å². The fraction of sp³-hybridized carbons (Fsp3) is 0.857. The minimum Gasteiger partial charge on any atom is -0.390 e. The average molecular weight is 240 g/mol. The summed E-state index contributed by atoms with van der Waals surface area (Å²) >= 11 is 0. The number of hydrogen-bond acceptors (Lipinski definition) is 3. The molecule has 0 aromatic carbocycles. The molecule has 1 aliphatic rings. The van der Waals surface area contributed by atoms with Crippen LogP contribution in [-0.2, 0) is 0 Å². The monoisotopic (exact) mass is 240 g/mol. The predicted octanol–water partition coefficient (Wildman–Crippen LogP) is 1.63. The van der Waals surface area contributed by atoms with Gasteiger partial charge in [-0.05, 0) is 45.2 Å². The molecule has 1 heterocycles. The van der Waals surface area contributed by atoms with Gasteiger partial charge in [0, 0.05) is 19.1 Å². The van der Waals surface area contributed by atoms with Crippen molar-refractivity contribution in [3.63, 3.8) is 0 Å². The third-order valence-corrected chi connectivity index (χ3v) is 3.74. The maximum absolute atomic E-state index is 9.95. The molecule has 3 nitrogen and oxygen atoms in total. The van der Waals surface area contributed by atoms with Crippen molar-refractivity contribution in [1.82, 2.24) is 10.2 Å². The summed E-state index contributed by atoms with van der Waals surface area (Å²) < 4.78 is 0. The summed E-state index contributed by atoms with van der Waals surface area (Å²) in [4.78, 5) is 2.35. The molecule has 0 bridgehead atoms. The quantitative estimate of drug-likeness (QED) is 0.633. The molecule has 1 rings (SSSR count). The van der Waals surface area contributed by atoms with Gasteiger partial charge in [-0.3, -0.25) is 0 Å². The molecule has 3 unspecified atom stereocenters. The first kappa shape index (κ1) is 14.7. The number of rotatable bonds is 8. The zero-order chi connectivity index (χ0) is 12.7. The van der Waals surface area contributed by atoms with E-state index in [1.165, 1.54) is 12.8 Å². The van der Waals surface area contributed by atoms with Gasteiger partial charge in [0.15, 0.2) is 0 Å². The third kappa shape index (κ3) is 5.66. The first-order valence-electron chi connectivity index (χ1n) is 6.88. The van der Waals surface area contributed by atoms with Gasteiger partial charge in [0.1, 0.15) is 0 Å². The number of hydrogen-bond donors (Lipinski definition) is 2. The van der Waals surface area contributed by atoms with E-state index in [0.717, 1.165) is 26.1 Å². The van der Waals surface area contributed by atoms with Crippen LogP contribution in [-0.4, -0.2) is 48.3 Å². The van der Waals surface area contributed by atoms with Crippen LogP contribution in [0.5, 0.6) is 0 Å². The molecule has 3 atom stereocenters. The molecule has 0 aliphatic carbocycles. The lowest BCUT2D eigenvalue weighted by atomic mass is 10.00. The lowest BCUT2D eigenvalue weighted by Crippen LogP contribution is -2.42. The summed E-state index contributed by atoms with van der Waals surface area (Å²) in [5.74, 6) is 0.575. The lowest BCUT2D eigenvalue weighted by Gasteiger charge is -2.24. The lowest BCUT2D eigenvalue weighted by molar-refractivity contribution is 0.118. The average Bonchev–Trinajstić information content (AvgIpc) is 2.79. The van der Waals surface area contributed by atoms with E-state index in [2.05, 4.69) is 30.6 Å². The van der Waals surface area contributed by atoms with E-state index in [4.69, 9.17) is 0 Å². The molecule has 0 radical (unpaired) electrons. The summed E-state index contributed by atoms with van der Waals surface area (Å²) in [6.07, 6.45) is 5.31. The molecule has 3 heteroatoms. The van der Waals surface area contributed by atoms with E-state index in [1.54, 1.807) is 0 Å². The van der Waals surface area contributed by atoms with Gasteiger partial charge < -0.3 is 15.3 Å². The van der Waals surface area contributed by atoms with E-state index in [9.17, 15) is 5.11 Å². The largest absolute Gasteiger partial charge is 0.390 e. The van der Waals surface area contributed by atoms with Crippen LogP contribution in [0.1, 0.15) is 33.1 Å². The Balaban J connectivity index is 2.13. The molecule has 0 spiro atoms. The standard InChI is InChI=1S/C14H28N2O/c1-4-7-12(2)13(3)15-10-14(17)11-16-8-5-6-9-16/h4,12-15,17H,1,5-11H2,2-3H3. The van der Waals surface area contributed by atoms with Crippen LogP contribution in [0.4, 0.5) is 0 Å². The van der Waals surface area contributed by atoms with E-state index in [0.29, 0.717) is 18.5 Å². The Kier molecular flexibility index (Phi) is 6.78. The van der Waals surface area contributed by atoms with E-state index in [-0.39, 0.29) is 6.10 Å². The Hall–Kier alpha value is -0.380. The summed E-state index contributed by atoms with van der Waals surface area (Å²) in [5, 5.41) is 13.4. The topological polar surface area (TPSA) is 35.5 Å². The van der Waals surface area contributed by atoms with Crippen LogP contribution in [0.15, 0.2) is 12.7 Å². The number of aliphatic hydroxyl groups excluding tert-OH is 1. The molecular formula is C14H28N2O. The normalized spacial score (nSPS) is 22.3. The molecule has 2 N–H and O–H groups in total. The maximum Gasteiger partial charge on any atom is 0.0791 e. The van der Waals surface area contributed by atoms with Gasteiger partial charge in [0.2, 0.25) is 0 Å². The van der Waals surface area contributed by atoms with E-state index >= 15 is 0 Å². The Morgan fingerprint density at radius 1 is 1.35 bits per heavy atom. The van der Waals surface area contributed by atoms with Crippen molar-refractivity contribution in [3.05, 3.63) is 12.7 Å². The number of allylic oxidation sites excluding steroid dienone is 1. The maximum atomic E-state index is 9.95. The predicted molar refractivity (Wildman–Crippen MR) is 73.1 cm³/mol. The Morgan fingerprint density at radius 2 is 2.00 bits per heavy atom. The molecule has 0 aromatic heterocycles. The van der Waals surface area contributed by atoms with Crippen molar-refractivity contribution in [3.8, 4) is 0 Å². The van der Waals surface area contributed by atoms with Gasteiger partial charge in [-0.2, -0.15) is 0 Å². The molecule has 0 aromatic rings. The van der Waals surface area contributed by atoms with Crippen molar-refractivity contribution in [2.75, 3.05) is 26.2 Å². The van der Waals surface area contributed by atoms with E-state index < -0.39 is 0 Å². The van der Waals surface area contributed by atoms with Gasteiger partial charge in [0.05, 0.1) is 6.10 Å². The van der Waals surface area contributed by atoms with Crippen LogP contribution < -0.4 is 5.32 Å².